The third-order valence-electron chi connectivity index (χ3n) is 5.01. The number of hydrogen-bond donors (Lipinski definition) is 0. The van der Waals surface area contributed by atoms with E-state index in [0.29, 0.717) is 0 Å². The number of unbranched alkanes of at least 4 members (excludes halogenated alkanes) is 3. The van der Waals surface area contributed by atoms with Gasteiger partial charge in [-0.3, -0.25) is 9.98 Å². The van der Waals surface area contributed by atoms with Gasteiger partial charge in [-0.25, -0.2) is 0 Å². The third kappa shape index (κ3) is 8.77. The summed E-state index contributed by atoms with van der Waals surface area (Å²) < 4.78 is 0. The van der Waals surface area contributed by atoms with E-state index >= 15 is 0 Å². The molecule has 31 heavy (non-hydrogen) atoms. The van der Waals surface area contributed by atoms with Crippen molar-refractivity contribution in [3.05, 3.63) is 65.7 Å². The fourth-order valence-electron chi connectivity index (χ4n) is 3.38. The summed E-state index contributed by atoms with van der Waals surface area (Å²) in [6.45, 7) is 8.37. The summed E-state index contributed by atoms with van der Waals surface area (Å²) in [5, 5.41) is 0. The Morgan fingerprint density at radius 1 is 0.839 bits per heavy atom. The molecule has 0 amide bonds. The molecule has 0 aliphatic rings. The first-order valence-electron chi connectivity index (χ1n) is 11.6. The molecule has 2 aromatic carbocycles. The average molecular weight is 413 g/mol. The molecular formula is C29H36N2. The number of allylic oxidation sites excluding steroid dienone is 1. The van der Waals surface area contributed by atoms with Crippen LogP contribution in [0.3, 0.4) is 0 Å². The van der Waals surface area contributed by atoms with Crippen LogP contribution in [-0.2, 0) is 0 Å². The van der Waals surface area contributed by atoms with Crippen molar-refractivity contribution in [3.8, 4) is 11.8 Å². The first-order valence-corrected chi connectivity index (χ1v) is 11.6. The minimum atomic E-state index is 0.951. The Kier molecular flexibility index (Phi) is 11.1. The second-order valence-electron chi connectivity index (χ2n) is 7.69. The Morgan fingerprint density at radius 2 is 1.52 bits per heavy atom. The van der Waals surface area contributed by atoms with Gasteiger partial charge in [0.25, 0.3) is 0 Å². The van der Waals surface area contributed by atoms with Crippen molar-refractivity contribution in [2.75, 3.05) is 0 Å². The Labute approximate surface area is 189 Å². The SMILES string of the molecule is CC#Cc1cccc(N=C(CCCCC)C(CCCC)=Nc2ccc(/C=C\C)cc2)c1. The predicted octanol–water partition coefficient (Wildman–Crippen LogP) is 8.71. The molecule has 0 atom stereocenters. The maximum Gasteiger partial charge on any atom is 0.0646 e. The van der Waals surface area contributed by atoms with Crippen LogP contribution < -0.4 is 0 Å². The molecule has 0 unspecified atom stereocenters. The molecule has 162 valence electrons. The summed E-state index contributed by atoms with van der Waals surface area (Å²) in [5.41, 5.74) is 6.38. The standard InChI is InChI=1S/C29H36N2/c1-5-9-11-18-29(31-27-16-12-15-25(23-27)14-8-4)28(17-10-6-2)30-26-21-19-24(13-7-3)20-22-26/h7,12-13,15-16,19-23H,5-6,9-11,17-18H2,1-4H3/b13-7-,30-28?,31-29?. The normalized spacial score (nSPS) is 12.1. The molecule has 2 heteroatoms. The molecule has 0 saturated heterocycles. The van der Waals surface area contributed by atoms with E-state index in [1.165, 1.54) is 18.4 Å². The lowest BCUT2D eigenvalue weighted by atomic mass is 10.0. The van der Waals surface area contributed by atoms with Gasteiger partial charge in [-0.1, -0.05) is 69.4 Å². The van der Waals surface area contributed by atoms with Gasteiger partial charge in [-0.05, 0) is 75.4 Å². The largest absolute Gasteiger partial charge is 0.252 e. The maximum atomic E-state index is 5.08. The minimum absolute atomic E-state index is 0.951. The van der Waals surface area contributed by atoms with Crippen LogP contribution in [0.4, 0.5) is 11.4 Å². The molecule has 0 heterocycles. The highest BCUT2D eigenvalue weighted by atomic mass is 14.8. The van der Waals surface area contributed by atoms with Crippen LogP contribution >= 0.6 is 0 Å². The number of hydrogen-bond acceptors (Lipinski definition) is 2. The molecule has 0 N–H and O–H groups in total. The zero-order valence-corrected chi connectivity index (χ0v) is 19.6. The van der Waals surface area contributed by atoms with E-state index in [4.69, 9.17) is 9.98 Å². The monoisotopic (exact) mass is 412 g/mol. The Balaban J connectivity index is 2.44. The quantitative estimate of drug-likeness (QED) is 0.200. The van der Waals surface area contributed by atoms with E-state index in [1.54, 1.807) is 0 Å². The van der Waals surface area contributed by atoms with Crippen molar-refractivity contribution in [1.29, 1.82) is 0 Å². The number of nitrogens with zero attached hydrogens (tertiary/aromatic N) is 2. The third-order valence-corrected chi connectivity index (χ3v) is 5.01. The smallest absolute Gasteiger partial charge is 0.0646 e. The van der Waals surface area contributed by atoms with Crippen LogP contribution in [0.15, 0.2) is 64.6 Å². The zero-order valence-electron chi connectivity index (χ0n) is 19.6. The van der Waals surface area contributed by atoms with Gasteiger partial charge in [0.1, 0.15) is 0 Å². The topological polar surface area (TPSA) is 24.7 Å². The molecule has 2 nitrogen and oxygen atoms in total. The van der Waals surface area contributed by atoms with Gasteiger partial charge in [0.05, 0.1) is 22.8 Å². The Bertz CT molecular complexity index is 950. The van der Waals surface area contributed by atoms with Crippen LogP contribution in [0.1, 0.15) is 83.8 Å². The van der Waals surface area contributed by atoms with E-state index in [9.17, 15) is 0 Å². The van der Waals surface area contributed by atoms with E-state index in [-0.39, 0.29) is 0 Å². The molecule has 0 radical (unpaired) electrons. The lowest BCUT2D eigenvalue weighted by molar-refractivity contribution is 0.742. The van der Waals surface area contributed by atoms with Gasteiger partial charge in [0.15, 0.2) is 0 Å². The molecule has 0 spiro atoms. The lowest BCUT2D eigenvalue weighted by Crippen LogP contribution is -2.14. The van der Waals surface area contributed by atoms with E-state index < -0.39 is 0 Å². The predicted molar refractivity (Wildman–Crippen MR) is 138 cm³/mol. The van der Waals surface area contributed by atoms with Crippen LogP contribution in [0.25, 0.3) is 6.08 Å². The summed E-state index contributed by atoms with van der Waals surface area (Å²) >= 11 is 0. The Hall–Kier alpha value is -2.92. The van der Waals surface area contributed by atoms with Crippen molar-refractivity contribution >= 4 is 28.9 Å². The minimum Gasteiger partial charge on any atom is -0.252 e. The average Bonchev–Trinajstić information content (AvgIpc) is 2.78. The highest BCUT2D eigenvalue weighted by Gasteiger charge is 2.10. The zero-order chi connectivity index (χ0) is 22.3. The Morgan fingerprint density at radius 3 is 2.16 bits per heavy atom. The number of rotatable bonds is 11. The van der Waals surface area contributed by atoms with Gasteiger partial charge in [-0.2, -0.15) is 0 Å². The van der Waals surface area contributed by atoms with Gasteiger partial charge in [0, 0.05) is 5.56 Å². The van der Waals surface area contributed by atoms with Crippen LogP contribution in [0, 0.1) is 11.8 Å². The van der Waals surface area contributed by atoms with Gasteiger partial charge >= 0.3 is 0 Å². The van der Waals surface area contributed by atoms with Gasteiger partial charge in [0.2, 0.25) is 0 Å². The molecule has 0 aliphatic carbocycles. The van der Waals surface area contributed by atoms with Crippen LogP contribution in [-0.4, -0.2) is 11.4 Å². The summed E-state index contributed by atoms with van der Waals surface area (Å²) in [4.78, 5) is 10.1. The summed E-state index contributed by atoms with van der Waals surface area (Å²) in [7, 11) is 0. The second kappa shape index (κ2) is 14.1. The van der Waals surface area contributed by atoms with E-state index in [2.05, 4.69) is 74.2 Å². The summed E-state index contributed by atoms with van der Waals surface area (Å²) in [5.74, 6) is 6.11. The summed E-state index contributed by atoms with van der Waals surface area (Å²) in [6.07, 6.45) is 11.9. The first kappa shape index (κ1) is 24.4. The van der Waals surface area contributed by atoms with E-state index in [0.717, 1.165) is 60.5 Å². The van der Waals surface area contributed by atoms with Crippen molar-refractivity contribution in [2.45, 2.75) is 72.6 Å². The van der Waals surface area contributed by atoms with Crippen molar-refractivity contribution in [2.24, 2.45) is 9.98 Å². The van der Waals surface area contributed by atoms with Gasteiger partial charge in [-0.15, -0.1) is 5.92 Å². The first-order chi connectivity index (χ1) is 15.2. The van der Waals surface area contributed by atoms with Gasteiger partial charge < -0.3 is 0 Å². The lowest BCUT2D eigenvalue weighted by Gasteiger charge is -2.11. The summed E-state index contributed by atoms with van der Waals surface area (Å²) in [6, 6.07) is 16.6. The number of benzene rings is 2. The molecule has 2 aromatic rings. The molecular weight excluding hydrogens is 376 g/mol. The molecule has 0 aliphatic heterocycles. The highest BCUT2D eigenvalue weighted by molar-refractivity contribution is 6.43. The molecule has 0 saturated carbocycles. The van der Waals surface area contributed by atoms with Crippen LogP contribution in [0.5, 0.6) is 0 Å². The van der Waals surface area contributed by atoms with Crippen molar-refractivity contribution in [1.82, 2.24) is 0 Å². The molecule has 0 fully saturated rings. The molecule has 0 aromatic heterocycles. The highest BCUT2D eigenvalue weighted by Crippen LogP contribution is 2.20. The second-order valence-corrected chi connectivity index (χ2v) is 7.69. The van der Waals surface area contributed by atoms with Crippen molar-refractivity contribution in [3.63, 3.8) is 0 Å². The molecule has 0 bridgehead atoms. The van der Waals surface area contributed by atoms with E-state index in [1.807, 2.05) is 26.0 Å². The van der Waals surface area contributed by atoms with Crippen LogP contribution in [0.2, 0.25) is 0 Å². The fourth-order valence-corrected chi connectivity index (χ4v) is 3.38. The maximum absolute atomic E-state index is 5.08. The fraction of sp³-hybridized carbons (Fsp3) is 0.379. The number of aliphatic imine (C=N–C) groups is 2. The van der Waals surface area contributed by atoms with Crippen molar-refractivity contribution < 1.29 is 0 Å². The molecule has 2 rings (SSSR count).